The lowest BCUT2D eigenvalue weighted by Gasteiger charge is -2.23. The van der Waals surface area contributed by atoms with Crippen molar-refractivity contribution in [3.63, 3.8) is 0 Å². The maximum absolute atomic E-state index is 14.4. The SMILES string of the molecule is CCc1cccc(P(=O)(c2ccccc2)c2ccccc2)c1OC. The first-order valence-corrected chi connectivity index (χ1v) is 9.80. The van der Waals surface area contributed by atoms with Gasteiger partial charge in [0.25, 0.3) is 0 Å². The van der Waals surface area contributed by atoms with Crippen LogP contribution in [0.2, 0.25) is 0 Å². The van der Waals surface area contributed by atoms with Crippen molar-refractivity contribution in [3.8, 4) is 5.75 Å². The number of hydrogen-bond acceptors (Lipinski definition) is 2. The normalized spacial score (nSPS) is 11.2. The van der Waals surface area contributed by atoms with Gasteiger partial charge >= 0.3 is 0 Å². The molecule has 0 spiro atoms. The van der Waals surface area contributed by atoms with Gasteiger partial charge in [0.05, 0.1) is 12.4 Å². The van der Waals surface area contributed by atoms with Gasteiger partial charge in [0.1, 0.15) is 5.75 Å². The summed E-state index contributed by atoms with van der Waals surface area (Å²) in [6, 6.07) is 25.3. The molecule has 0 unspecified atom stereocenters. The van der Waals surface area contributed by atoms with Gasteiger partial charge in [0, 0.05) is 10.6 Å². The molecule has 3 aromatic rings. The van der Waals surface area contributed by atoms with E-state index in [1.807, 2.05) is 78.9 Å². The van der Waals surface area contributed by atoms with E-state index >= 15 is 0 Å². The minimum absolute atomic E-state index is 0.732. The first kappa shape index (κ1) is 16.5. The van der Waals surface area contributed by atoms with E-state index in [1.54, 1.807) is 7.11 Å². The molecule has 3 rings (SSSR count). The fourth-order valence-corrected chi connectivity index (χ4v) is 5.89. The Morgan fingerprint density at radius 3 is 1.79 bits per heavy atom. The van der Waals surface area contributed by atoms with Crippen LogP contribution < -0.4 is 20.7 Å². The van der Waals surface area contributed by atoms with E-state index in [2.05, 4.69) is 6.92 Å². The summed E-state index contributed by atoms with van der Waals surface area (Å²) >= 11 is 0. The fraction of sp³-hybridized carbons (Fsp3) is 0.143. The van der Waals surface area contributed by atoms with Crippen LogP contribution in [0.25, 0.3) is 0 Å². The molecule has 0 N–H and O–H groups in total. The van der Waals surface area contributed by atoms with E-state index < -0.39 is 7.14 Å². The van der Waals surface area contributed by atoms with Crippen molar-refractivity contribution in [2.75, 3.05) is 7.11 Å². The van der Waals surface area contributed by atoms with E-state index in [4.69, 9.17) is 4.74 Å². The molecule has 0 fully saturated rings. The minimum Gasteiger partial charge on any atom is -0.496 e. The van der Waals surface area contributed by atoms with Crippen LogP contribution in [0.4, 0.5) is 0 Å². The van der Waals surface area contributed by atoms with Crippen molar-refractivity contribution in [3.05, 3.63) is 84.4 Å². The highest BCUT2D eigenvalue weighted by Gasteiger charge is 2.33. The molecule has 24 heavy (non-hydrogen) atoms. The smallest absolute Gasteiger partial charge is 0.174 e. The molecule has 0 aliphatic heterocycles. The van der Waals surface area contributed by atoms with Crippen LogP contribution in [0.5, 0.6) is 5.75 Å². The molecular formula is C21H21O2P. The van der Waals surface area contributed by atoms with E-state index in [-0.39, 0.29) is 0 Å². The Hall–Kier alpha value is -2.31. The minimum atomic E-state index is -3.00. The molecule has 0 saturated carbocycles. The average Bonchev–Trinajstić information content (AvgIpc) is 2.68. The summed E-state index contributed by atoms with van der Waals surface area (Å²) < 4.78 is 20.1. The van der Waals surface area contributed by atoms with Gasteiger partial charge in [0.15, 0.2) is 7.14 Å². The van der Waals surface area contributed by atoms with Crippen molar-refractivity contribution in [2.45, 2.75) is 13.3 Å². The second kappa shape index (κ2) is 7.07. The lowest BCUT2D eigenvalue weighted by Crippen LogP contribution is -2.26. The molecule has 0 amide bonds. The second-order valence-electron chi connectivity index (χ2n) is 5.60. The molecule has 0 aliphatic carbocycles. The summed E-state index contributed by atoms with van der Waals surface area (Å²) in [7, 11) is -1.34. The van der Waals surface area contributed by atoms with Crippen molar-refractivity contribution >= 4 is 23.1 Å². The molecule has 0 aromatic heterocycles. The Kier molecular flexibility index (Phi) is 4.87. The van der Waals surface area contributed by atoms with Gasteiger partial charge in [-0.3, -0.25) is 0 Å². The van der Waals surface area contributed by atoms with Crippen LogP contribution in [0.15, 0.2) is 78.9 Å². The molecule has 0 aliphatic rings. The van der Waals surface area contributed by atoms with Gasteiger partial charge < -0.3 is 9.30 Å². The third-order valence-electron chi connectivity index (χ3n) is 4.24. The van der Waals surface area contributed by atoms with Crippen LogP contribution in [0.3, 0.4) is 0 Å². The van der Waals surface area contributed by atoms with Gasteiger partial charge in [-0.2, -0.15) is 0 Å². The Balaban J connectivity index is 2.35. The Labute approximate surface area is 143 Å². The maximum Gasteiger partial charge on any atom is 0.174 e. The number of rotatable bonds is 5. The number of ether oxygens (including phenoxy) is 1. The maximum atomic E-state index is 14.4. The van der Waals surface area contributed by atoms with E-state index in [1.165, 1.54) is 0 Å². The molecule has 3 heteroatoms. The standard InChI is InChI=1S/C21H21O2P/c1-3-17-11-10-16-20(21(17)23-2)24(22,18-12-6-4-7-13-18)19-14-8-5-9-15-19/h4-16H,3H2,1-2H3. The van der Waals surface area contributed by atoms with Gasteiger partial charge in [-0.15, -0.1) is 0 Å². The average molecular weight is 336 g/mol. The van der Waals surface area contributed by atoms with E-state index in [0.717, 1.165) is 33.6 Å². The van der Waals surface area contributed by atoms with Crippen molar-refractivity contribution in [2.24, 2.45) is 0 Å². The predicted octanol–water partition coefficient (Wildman–Crippen LogP) is 3.90. The number of para-hydroxylation sites is 1. The summed E-state index contributed by atoms with van der Waals surface area (Å²) in [6.07, 6.45) is 0.834. The Morgan fingerprint density at radius 1 is 0.792 bits per heavy atom. The zero-order chi connectivity index (χ0) is 17.0. The number of benzene rings is 3. The van der Waals surface area contributed by atoms with Crippen LogP contribution in [0.1, 0.15) is 12.5 Å². The molecule has 122 valence electrons. The number of methoxy groups -OCH3 is 1. The molecule has 0 atom stereocenters. The zero-order valence-electron chi connectivity index (χ0n) is 14.0. The predicted molar refractivity (Wildman–Crippen MR) is 102 cm³/mol. The summed E-state index contributed by atoms with van der Waals surface area (Å²) in [5.74, 6) is 0.732. The topological polar surface area (TPSA) is 26.3 Å². The molecule has 0 saturated heterocycles. The number of aryl methyl sites for hydroxylation is 1. The van der Waals surface area contributed by atoms with E-state index in [0.29, 0.717) is 0 Å². The third kappa shape index (κ3) is 2.79. The Morgan fingerprint density at radius 2 is 1.33 bits per heavy atom. The first-order chi connectivity index (χ1) is 11.7. The van der Waals surface area contributed by atoms with E-state index in [9.17, 15) is 4.57 Å². The highest BCUT2D eigenvalue weighted by Crippen LogP contribution is 2.45. The van der Waals surface area contributed by atoms with Crippen LogP contribution in [-0.4, -0.2) is 7.11 Å². The van der Waals surface area contributed by atoms with Gasteiger partial charge in [-0.1, -0.05) is 79.7 Å². The van der Waals surface area contributed by atoms with Gasteiger partial charge in [-0.25, -0.2) is 0 Å². The van der Waals surface area contributed by atoms with Crippen molar-refractivity contribution < 1.29 is 9.30 Å². The summed E-state index contributed by atoms with van der Waals surface area (Å²) in [6.45, 7) is 2.08. The monoisotopic (exact) mass is 336 g/mol. The second-order valence-corrected chi connectivity index (χ2v) is 8.34. The molecule has 0 heterocycles. The van der Waals surface area contributed by atoms with Crippen molar-refractivity contribution in [1.29, 1.82) is 0 Å². The zero-order valence-corrected chi connectivity index (χ0v) is 14.9. The largest absolute Gasteiger partial charge is 0.496 e. The van der Waals surface area contributed by atoms with Crippen LogP contribution in [-0.2, 0) is 11.0 Å². The molecule has 3 aromatic carbocycles. The van der Waals surface area contributed by atoms with Gasteiger partial charge in [0.2, 0.25) is 0 Å². The van der Waals surface area contributed by atoms with Crippen molar-refractivity contribution in [1.82, 2.24) is 0 Å². The molecule has 0 radical (unpaired) electrons. The summed E-state index contributed by atoms with van der Waals surface area (Å²) in [5.41, 5.74) is 1.07. The molecular weight excluding hydrogens is 315 g/mol. The summed E-state index contributed by atoms with van der Waals surface area (Å²) in [5, 5.41) is 2.41. The lowest BCUT2D eigenvalue weighted by molar-refractivity contribution is 0.413. The number of hydrogen-bond donors (Lipinski definition) is 0. The van der Waals surface area contributed by atoms with Crippen LogP contribution in [0, 0.1) is 0 Å². The lowest BCUT2D eigenvalue weighted by atomic mass is 10.1. The molecule has 2 nitrogen and oxygen atoms in total. The third-order valence-corrected chi connectivity index (χ3v) is 7.32. The quantitative estimate of drug-likeness (QED) is 0.661. The first-order valence-electron chi connectivity index (χ1n) is 8.09. The highest BCUT2D eigenvalue weighted by atomic mass is 31.2. The van der Waals surface area contributed by atoms with Crippen LogP contribution >= 0.6 is 7.14 Å². The Bertz CT molecular complexity index is 814. The highest BCUT2D eigenvalue weighted by molar-refractivity contribution is 7.85. The summed E-state index contributed by atoms with van der Waals surface area (Å²) in [4.78, 5) is 0. The van der Waals surface area contributed by atoms with Gasteiger partial charge in [-0.05, 0) is 18.1 Å². The molecule has 0 bridgehead atoms. The fourth-order valence-electron chi connectivity index (χ4n) is 3.04.